The Bertz CT molecular complexity index is 806. The lowest BCUT2D eigenvalue weighted by Gasteiger charge is -2.63. The highest BCUT2D eigenvalue weighted by atomic mass is 35.5. The van der Waals surface area contributed by atoms with Gasteiger partial charge in [-0.3, -0.25) is 9.59 Å². The fourth-order valence-electron chi connectivity index (χ4n) is 7.50. The first-order valence-electron chi connectivity index (χ1n) is 10.4. The molecule has 8 atom stereocenters. The molecule has 0 amide bonds. The summed E-state index contributed by atoms with van der Waals surface area (Å²) >= 11 is 5.97. The molecule has 3 fully saturated rings. The number of carbonyl (C=O) groups is 2. The van der Waals surface area contributed by atoms with Gasteiger partial charge in [-0.15, -0.1) is 11.6 Å². The van der Waals surface area contributed by atoms with Crippen LogP contribution in [0.4, 0.5) is 4.39 Å². The maximum absolute atomic E-state index is 17.0. The van der Waals surface area contributed by atoms with Crippen LogP contribution in [-0.4, -0.2) is 34.3 Å². The van der Waals surface area contributed by atoms with Crippen molar-refractivity contribution in [2.45, 2.75) is 65.2 Å². The summed E-state index contributed by atoms with van der Waals surface area (Å²) in [6, 6.07) is 0. The van der Waals surface area contributed by atoms with Gasteiger partial charge in [0.05, 0.1) is 12.0 Å². The lowest BCUT2D eigenvalue weighted by atomic mass is 9.43. The highest BCUT2D eigenvalue weighted by molar-refractivity contribution is 6.28. The molecule has 2 unspecified atom stereocenters. The third kappa shape index (κ3) is 2.09. The van der Waals surface area contributed by atoms with E-state index in [1.165, 1.54) is 6.08 Å². The van der Waals surface area contributed by atoms with E-state index in [-0.39, 0.29) is 41.6 Å². The summed E-state index contributed by atoms with van der Waals surface area (Å²) in [6.07, 6.45) is 5.70. The fraction of sp³-hybridized carbons (Fsp3) is 0.739. The third-order valence-electron chi connectivity index (χ3n) is 9.51. The van der Waals surface area contributed by atoms with E-state index >= 15 is 4.39 Å². The van der Waals surface area contributed by atoms with Crippen LogP contribution in [0.2, 0.25) is 0 Å². The summed E-state index contributed by atoms with van der Waals surface area (Å²) < 4.78 is 17.0. The number of aliphatic hydroxyl groups is 1. The molecule has 0 radical (unpaired) electrons. The van der Waals surface area contributed by atoms with Crippen molar-refractivity contribution in [1.29, 1.82) is 0 Å². The van der Waals surface area contributed by atoms with E-state index in [2.05, 4.69) is 13.8 Å². The van der Waals surface area contributed by atoms with E-state index in [4.69, 9.17) is 11.6 Å². The monoisotopic (exact) mass is 408 g/mol. The number of aliphatic hydroxyl groups excluding tert-OH is 1. The molecule has 4 rings (SSSR count). The molecule has 5 heteroatoms. The Morgan fingerprint density at radius 2 is 2.00 bits per heavy atom. The van der Waals surface area contributed by atoms with Crippen molar-refractivity contribution in [1.82, 2.24) is 0 Å². The molecule has 3 nitrogen and oxygen atoms in total. The average molecular weight is 409 g/mol. The number of allylic oxidation sites excluding steroid dienone is 4. The molecule has 0 aromatic heterocycles. The van der Waals surface area contributed by atoms with E-state index in [9.17, 15) is 14.7 Å². The fourth-order valence-corrected chi connectivity index (χ4v) is 7.78. The SMILES string of the molecule is CC1C[C@H]2[C@@H]3CCC4=CC(=O)C=C[C@]4(C)[C@@]3(F)C(O)C[C@]2(C)[C@@]1(C)C(=O)CCl. The zero-order valence-corrected chi connectivity index (χ0v) is 17.9. The molecule has 3 saturated carbocycles. The van der Waals surface area contributed by atoms with Crippen LogP contribution in [0.1, 0.15) is 53.4 Å². The van der Waals surface area contributed by atoms with Crippen molar-refractivity contribution in [3.05, 3.63) is 23.8 Å². The summed E-state index contributed by atoms with van der Waals surface area (Å²) in [4.78, 5) is 24.8. The van der Waals surface area contributed by atoms with Gasteiger partial charge in [0.15, 0.2) is 17.2 Å². The van der Waals surface area contributed by atoms with Gasteiger partial charge in [-0.1, -0.05) is 32.4 Å². The Morgan fingerprint density at radius 3 is 2.64 bits per heavy atom. The number of carbonyl (C=O) groups excluding carboxylic acids is 2. The molecule has 28 heavy (non-hydrogen) atoms. The topological polar surface area (TPSA) is 54.4 Å². The molecule has 154 valence electrons. The summed E-state index contributed by atoms with van der Waals surface area (Å²) in [6.45, 7) is 7.91. The third-order valence-corrected chi connectivity index (χ3v) is 9.75. The quantitative estimate of drug-likeness (QED) is 0.688. The Kier molecular flexibility index (Phi) is 4.35. The van der Waals surface area contributed by atoms with Crippen molar-refractivity contribution >= 4 is 23.2 Å². The number of hydrogen-bond acceptors (Lipinski definition) is 3. The molecular formula is C23H30ClFO3. The van der Waals surface area contributed by atoms with Gasteiger partial charge < -0.3 is 5.11 Å². The number of ketones is 2. The van der Waals surface area contributed by atoms with E-state index in [1.54, 1.807) is 12.2 Å². The number of hydrogen-bond donors (Lipinski definition) is 1. The van der Waals surface area contributed by atoms with Crippen molar-refractivity contribution < 1.29 is 19.1 Å². The highest BCUT2D eigenvalue weighted by Crippen LogP contribution is 2.72. The summed E-state index contributed by atoms with van der Waals surface area (Å²) in [5, 5.41) is 11.3. The molecule has 1 N–H and O–H groups in total. The number of alkyl halides is 2. The van der Waals surface area contributed by atoms with Gasteiger partial charge in [-0.2, -0.15) is 0 Å². The van der Waals surface area contributed by atoms with Crippen LogP contribution in [0.3, 0.4) is 0 Å². The van der Waals surface area contributed by atoms with Crippen LogP contribution in [0.25, 0.3) is 0 Å². The molecule has 0 aliphatic heterocycles. The second kappa shape index (κ2) is 6.01. The van der Waals surface area contributed by atoms with Gasteiger partial charge in [0, 0.05) is 16.7 Å². The van der Waals surface area contributed by atoms with Crippen LogP contribution in [0.15, 0.2) is 23.8 Å². The average Bonchev–Trinajstić information content (AvgIpc) is 2.84. The lowest BCUT2D eigenvalue weighted by Crippen LogP contribution is -2.67. The van der Waals surface area contributed by atoms with E-state index in [0.29, 0.717) is 12.8 Å². The minimum atomic E-state index is -1.84. The Balaban J connectivity index is 1.84. The van der Waals surface area contributed by atoms with Crippen LogP contribution in [0, 0.1) is 34.0 Å². The predicted octanol–water partition coefficient (Wildman–Crippen LogP) is 4.42. The molecule has 4 aliphatic rings. The van der Waals surface area contributed by atoms with Gasteiger partial charge >= 0.3 is 0 Å². The van der Waals surface area contributed by atoms with Crippen molar-refractivity contribution in [3.63, 3.8) is 0 Å². The van der Waals surface area contributed by atoms with Crippen molar-refractivity contribution in [3.8, 4) is 0 Å². The number of rotatable bonds is 2. The first kappa shape index (κ1) is 20.3. The van der Waals surface area contributed by atoms with Gasteiger partial charge in [0.2, 0.25) is 0 Å². The van der Waals surface area contributed by atoms with Gasteiger partial charge in [0.1, 0.15) is 0 Å². The predicted molar refractivity (Wildman–Crippen MR) is 107 cm³/mol. The Labute approximate surface area is 171 Å². The molecular weight excluding hydrogens is 379 g/mol. The van der Waals surface area contributed by atoms with Gasteiger partial charge in [0.25, 0.3) is 0 Å². The largest absolute Gasteiger partial charge is 0.390 e. The number of fused-ring (bicyclic) bond motifs is 5. The standard InChI is InChI=1S/C23H30ClFO3/c1-13-9-17-16-6-5-14-10-15(26)7-8-20(14,2)23(16,25)18(27)11-21(17,3)22(13,4)19(28)12-24/h7-8,10,13,16-18,27H,5-6,9,11-12H2,1-4H3/t13?,16-,17-,18?,20-,21-,22+,23-/m0/s1. The summed E-state index contributed by atoms with van der Waals surface area (Å²) in [7, 11) is 0. The molecule has 0 aromatic rings. The minimum absolute atomic E-state index is 0.00234. The van der Waals surface area contributed by atoms with E-state index in [0.717, 1.165) is 12.0 Å². The second-order valence-corrected chi connectivity index (χ2v) is 10.4. The van der Waals surface area contributed by atoms with Crippen LogP contribution >= 0.6 is 11.6 Å². The maximum atomic E-state index is 17.0. The van der Waals surface area contributed by atoms with Crippen LogP contribution in [-0.2, 0) is 9.59 Å². The smallest absolute Gasteiger partial charge is 0.178 e. The molecule has 0 heterocycles. The summed E-state index contributed by atoms with van der Waals surface area (Å²) in [5.41, 5.74) is -3.20. The zero-order chi connectivity index (χ0) is 20.7. The normalized spacial score (nSPS) is 52.5. The van der Waals surface area contributed by atoms with Crippen molar-refractivity contribution in [2.24, 2.45) is 34.0 Å². The van der Waals surface area contributed by atoms with Crippen molar-refractivity contribution in [2.75, 3.05) is 5.88 Å². The molecule has 0 bridgehead atoms. The van der Waals surface area contributed by atoms with Crippen LogP contribution in [0.5, 0.6) is 0 Å². The number of halogens is 2. The zero-order valence-electron chi connectivity index (χ0n) is 17.1. The second-order valence-electron chi connectivity index (χ2n) is 10.2. The van der Waals surface area contributed by atoms with E-state index in [1.807, 2.05) is 13.8 Å². The highest BCUT2D eigenvalue weighted by Gasteiger charge is 2.74. The summed E-state index contributed by atoms with van der Waals surface area (Å²) in [5.74, 6) is -0.446. The lowest BCUT2D eigenvalue weighted by molar-refractivity contribution is -0.204. The van der Waals surface area contributed by atoms with Crippen LogP contribution < -0.4 is 0 Å². The first-order valence-corrected chi connectivity index (χ1v) is 10.9. The first-order chi connectivity index (χ1) is 13.0. The Morgan fingerprint density at radius 1 is 1.32 bits per heavy atom. The minimum Gasteiger partial charge on any atom is -0.390 e. The molecule has 0 aromatic carbocycles. The Hall–Kier alpha value is -1.00. The van der Waals surface area contributed by atoms with Gasteiger partial charge in [-0.25, -0.2) is 4.39 Å². The molecule has 0 saturated heterocycles. The van der Waals surface area contributed by atoms with Gasteiger partial charge in [-0.05, 0) is 62.0 Å². The maximum Gasteiger partial charge on any atom is 0.178 e. The number of Topliss-reactive ketones (excluding diaryl/α,β-unsaturated/α-hetero) is 1. The molecule has 0 spiro atoms. The van der Waals surface area contributed by atoms with E-state index < -0.39 is 28.0 Å². The molecule has 4 aliphatic carbocycles.